The number of rotatable bonds is 3. The van der Waals surface area contributed by atoms with Gasteiger partial charge in [-0.05, 0) is 48.1 Å². The first-order chi connectivity index (χ1) is 12.9. The summed E-state index contributed by atoms with van der Waals surface area (Å²) in [7, 11) is 0. The van der Waals surface area contributed by atoms with Crippen LogP contribution in [-0.2, 0) is 19.5 Å². The lowest BCUT2D eigenvalue weighted by Gasteiger charge is -2.19. The van der Waals surface area contributed by atoms with Crippen molar-refractivity contribution in [3.05, 3.63) is 89.3 Å². The molecule has 0 fully saturated rings. The standard InChI is InChI=1S/C23H23N3/c1-2-10-21(11-3-1)26-23-12-6-9-18(22(23)15-24-26)13-14-25-16-19-7-4-5-8-20(19)17-25/h1-5,7-8,10-11,13,15H,6,9,12,14,16-17H2/b18-13+. The first-order valence-corrected chi connectivity index (χ1v) is 9.49. The largest absolute Gasteiger partial charge is 0.291 e. The van der Waals surface area contributed by atoms with Gasteiger partial charge in [-0.3, -0.25) is 4.90 Å². The summed E-state index contributed by atoms with van der Waals surface area (Å²) >= 11 is 0. The van der Waals surface area contributed by atoms with Crippen molar-refractivity contribution in [1.82, 2.24) is 14.7 Å². The van der Waals surface area contributed by atoms with Gasteiger partial charge in [0.05, 0.1) is 17.6 Å². The van der Waals surface area contributed by atoms with Gasteiger partial charge in [-0.1, -0.05) is 48.5 Å². The summed E-state index contributed by atoms with van der Waals surface area (Å²) in [6, 6.07) is 19.3. The van der Waals surface area contributed by atoms with E-state index in [1.165, 1.54) is 34.4 Å². The quantitative estimate of drug-likeness (QED) is 0.694. The molecule has 0 saturated carbocycles. The van der Waals surface area contributed by atoms with Gasteiger partial charge in [0.1, 0.15) is 0 Å². The number of allylic oxidation sites excluding steroid dienone is 1. The zero-order valence-electron chi connectivity index (χ0n) is 14.9. The molecular formula is C23H23N3. The molecule has 0 bridgehead atoms. The summed E-state index contributed by atoms with van der Waals surface area (Å²) in [4.78, 5) is 2.52. The van der Waals surface area contributed by atoms with Gasteiger partial charge < -0.3 is 0 Å². The molecule has 0 saturated heterocycles. The fourth-order valence-electron chi connectivity index (χ4n) is 4.24. The highest BCUT2D eigenvalue weighted by Crippen LogP contribution is 2.32. The van der Waals surface area contributed by atoms with Crippen molar-refractivity contribution < 1.29 is 0 Å². The van der Waals surface area contributed by atoms with Crippen molar-refractivity contribution in [3.8, 4) is 5.69 Å². The average Bonchev–Trinajstić information content (AvgIpc) is 3.31. The molecular weight excluding hydrogens is 318 g/mol. The second-order valence-electron chi connectivity index (χ2n) is 7.27. The molecule has 0 radical (unpaired) electrons. The van der Waals surface area contributed by atoms with Gasteiger partial charge in [-0.2, -0.15) is 5.10 Å². The Hall–Kier alpha value is -2.65. The number of benzene rings is 2. The van der Waals surface area contributed by atoms with E-state index in [0.29, 0.717) is 0 Å². The van der Waals surface area contributed by atoms with Gasteiger partial charge in [-0.15, -0.1) is 0 Å². The topological polar surface area (TPSA) is 21.1 Å². The zero-order chi connectivity index (χ0) is 17.3. The summed E-state index contributed by atoms with van der Waals surface area (Å²) in [6.45, 7) is 3.14. The van der Waals surface area contributed by atoms with E-state index in [2.05, 4.69) is 76.5 Å². The molecule has 1 aromatic heterocycles. The first kappa shape index (κ1) is 15.6. The van der Waals surface area contributed by atoms with E-state index in [4.69, 9.17) is 5.10 Å². The minimum absolute atomic E-state index is 1.01. The van der Waals surface area contributed by atoms with E-state index < -0.39 is 0 Å². The highest BCUT2D eigenvalue weighted by Gasteiger charge is 2.21. The van der Waals surface area contributed by atoms with Crippen LogP contribution in [0.25, 0.3) is 11.3 Å². The van der Waals surface area contributed by atoms with Gasteiger partial charge in [0.2, 0.25) is 0 Å². The normalized spacial score (nSPS) is 18.1. The van der Waals surface area contributed by atoms with Crippen molar-refractivity contribution in [1.29, 1.82) is 0 Å². The minimum atomic E-state index is 1.01. The maximum atomic E-state index is 4.69. The Morgan fingerprint density at radius 3 is 2.38 bits per heavy atom. The molecule has 0 N–H and O–H groups in total. The van der Waals surface area contributed by atoms with Crippen molar-refractivity contribution in [3.63, 3.8) is 0 Å². The smallest absolute Gasteiger partial charge is 0.0649 e. The van der Waals surface area contributed by atoms with Crippen LogP contribution < -0.4 is 0 Å². The Kier molecular flexibility index (Phi) is 3.95. The van der Waals surface area contributed by atoms with Gasteiger partial charge >= 0.3 is 0 Å². The van der Waals surface area contributed by atoms with Crippen LogP contribution in [0.2, 0.25) is 0 Å². The number of hydrogen-bond donors (Lipinski definition) is 0. The number of hydrogen-bond acceptors (Lipinski definition) is 2. The van der Waals surface area contributed by atoms with E-state index in [-0.39, 0.29) is 0 Å². The molecule has 3 nitrogen and oxygen atoms in total. The fraction of sp³-hybridized carbons (Fsp3) is 0.261. The highest BCUT2D eigenvalue weighted by atomic mass is 15.3. The Labute approximate surface area is 154 Å². The van der Waals surface area contributed by atoms with Crippen LogP contribution in [0.1, 0.15) is 35.2 Å². The van der Waals surface area contributed by atoms with Gasteiger partial charge in [0.15, 0.2) is 0 Å². The lowest BCUT2D eigenvalue weighted by molar-refractivity contribution is 0.317. The molecule has 3 heteroatoms. The monoisotopic (exact) mass is 341 g/mol. The van der Waals surface area contributed by atoms with E-state index in [1.54, 1.807) is 0 Å². The molecule has 0 amide bonds. The van der Waals surface area contributed by atoms with Crippen molar-refractivity contribution in [2.45, 2.75) is 32.4 Å². The third-order valence-corrected chi connectivity index (χ3v) is 5.58. The third kappa shape index (κ3) is 2.78. The zero-order valence-corrected chi connectivity index (χ0v) is 14.9. The Balaban J connectivity index is 1.38. The maximum Gasteiger partial charge on any atom is 0.0649 e. The summed E-state index contributed by atoms with van der Waals surface area (Å²) in [5.41, 5.74) is 8.28. The number of nitrogens with zero attached hydrogens (tertiary/aromatic N) is 3. The van der Waals surface area contributed by atoms with Crippen molar-refractivity contribution in [2.24, 2.45) is 0 Å². The second-order valence-corrected chi connectivity index (χ2v) is 7.27. The fourth-order valence-corrected chi connectivity index (χ4v) is 4.24. The number of fused-ring (bicyclic) bond motifs is 2. The molecule has 2 aromatic carbocycles. The van der Waals surface area contributed by atoms with Crippen molar-refractivity contribution >= 4 is 5.57 Å². The predicted octanol–water partition coefficient (Wildman–Crippen LogP) is 4.61. The van der Waals surface area contributed by atoms with Gasteiger partial charge in [0.25, 0.3) is 0 Å². The lowest BCUT2D eigenvalue weighted by atomic mass is 9.92. The Bertz CT molecular complexity index is 928. The van der Waals surface area contributed by atoms with E-state index in [0.717, 1.165) is 38.2 Å². The third-order valence-electron chi connectivity index (χ3n) is 5.58. The van der Waals surface area contributed by atoms with Crippen LogP contribution in [0.3, 0.4) is 0 Å². The molecule has 2 aliphatic rings. The van der Waals surface area contributed by atoms with Crippen LogP contribution in [0.5, 0.6) is 0 Å². The van der Waals surface area contributed by atoms with E-state index >= 15 is 0 Å². The van der Waals surface area contributed by atoms with Crippen LogP contribution in [0.4, 0.5) is 0 Å². The molecule has 0 atom stereocenters. The Morgan fingerprint density at radius 2 is 1.62 bits per heavy atom. The summed E-state index contributed by atoms with van der Waals surface area (Å²) < 4.78 is 2.12. The van der Waals surface area contributed by atoms with Crippen LogP contribution in [0, 0.1) is 0 Å². The van der Waals surface area contributed by atoms with Crippen molar-refractivity contribution in [2.75, 3.05) is 6.54 Å². The SMILES string of the molecule is C(/CN1Cc2ccccc2C1)=C1/CCCc2c1cnn2-c1ccccc1. The van der Waals surface area contributed by atoms with Crippen LogP contribution >= 0.6 is 0 Å². The molecule has 0 spiro atoms. The lowest BCUT2D eigenvalue weighted by Crippen LogP contribution is -2.17. The van der Waals surface area contributed by atoms with Gasteiger partial charge in [0, 0.05) is 25.2 Å². The number of aromatic nitrogens is 2. The molecule has 0 unspecified atom stereocenters. The molecule has 26 heavy (non-hydrogen) atoms. The van der Waals surface area contributed by atoms with Gasteiger partial charge in [-0.25, -0.2) is 4.68 Å². The molecule has 5 rings (SSSR count). The minimum Gasteiger partial charge on any atom is -0.291 e. The van der Waals surface area contributed by atoms with Crippen LogP contribution in [0.15, 0.2) is 66.9 Å². The molecule has 1 aliphatic heterocycles. The second kappa shape index (κ2) is 6.58. The maximum absolute atomic E-state index is 4.69. The predicted molar refractivity (Wildman–Crippen MR) is 105 cm³/mol. The molecule has 1 aliphatic carbocycles. The van der Waals surface area contributed by atoms with Crippen LogP contribution in [-0.4, -0.2) is 21.2 Å². The van der Waals surface area contributed by atoms with E-state index in [9.17, 15) is 0 Å². The average molecular weight is 341 g/mol. The molecule has 3 aromatic rings. The Morgan fingerprint density at radius 1 is 0.885 bits per heavy atom. The van der Waals surface area contributed by atoms with E-state index in [1.807, 2.05) is 0 Å². The number of para-hydroxylation sites is 1. The summed E-state index contributed by atoms with van der Waals surface area (Å²) in [6.07, 6.45) is 7.97. The summed E-state index contributed by atoms with van der Waals surface area (Å²) in [5.74, 6) is 0. The highest BCUT2D eigenvalue weighted by molar-refractivity contribution is 5.69. The summed E-state index contributed by atoms with van der Waals surface area (Å²) in [5, 5.41) is 4.69. The first-order valence-electron chi connectivity index (χ1n) is 9.49. The molecule has 2 heterocycles. The molecule has 130 valence electrons.